The van der Waals surface area contributed by atoms with Gasteiger partial charge in [0.25, 0.3) is 0 Å². The van der Waals surface area contributed by atoms with Crippen molar-refractivity contribution in [2.24, 2.45) is 5.41 Å². The number of rotatable bonds is 2. The molecule has 1 heteroatoms. The zero-order valence-electron chi connectivity index (χ0n) is 8.28. The zero-order chi connectivity index (χ0) is 8.48. The molecule has 66 valence electrons. The second-order valence-electron chi connectivity index (χ2n) is 4.93. The Morgan fingerprint density at radius 2 is 2.00 bits per heavy atom. The molecule has 1 saturated carbocycles. The molecule has 0 aliphatic heterocycles. The van der Waals surface area contributed by atoms with Crippen molar-refractivity contribution in [2.75, 3.05) is 0 Å². The van der Waals surface area contributed by atoms with Gasteiger partial charge in [0.1, 0.15) is 0 Å². The van der Waals surface area contributed by atoms with E-state index in [9.17, 15) is 0 Å². The van der Waals surface area contributed by atoms with E-state index in [4.69, 9.17) is 0 Å². The first-order chi connectivity index (χ1) is 4.99. The summed E-state index contributed by atoms with van der Waals surface area (Å²) in [5.41, 5.74) is 0.590. The molecule has 0 spiro atoms. The first-order valence-electron chi connectivity index (χ1n) is 4.76. The molecule has 0 aromatic rings. The molecule has 0 amide bonds. The average Bonchev–Trinajstić information content (AvgIpc) is 2.08. The molecule has 1 atom stereocenters. The fourth-order valence-corrected chi connectivity index (χ4v) is 2.05. The highest BCUT2D eigenvalue weighted by Crippen LogP contribution is 2.36. The van der Waals surface area contributed by atoms with Crippen molar-refractivity contribution in [2.45, 2.75) is 59.0 Å². The first-order valence-corrected chi connectivity index (χ1v) is 4.76. The molecular formula is C10H21N. The third kappa shape index (κ3) is 2.82. The van der Waals surface area contributed by atoms with E-state index in [0.29, 0.717) is 11.5 Å². The zero-order valence-corrected chi connectivity index (χ0v) is 8.28. The Labute approximate surface area is 70.6 Å². The summed E-state index contributed by atoms with van der Waals surface area (Å²) in [6.07, 6.45) is 4.10. The van der Waals surface area contributed by atoms with Gasteiger partial charge in [-0.25, -0.2) is 0 Å². The van der Waals surface area contributed by atoms with Crippen LogP contribution in [0.1, 0.15) is 47.0 Å². The summed E-state index contributed by atoms with van der Waals surface area (Å²) in [6.45, 7) is 9.20. The molecule has 0 saturated heterocycles. The second-order valence-corrected chi connectivity index (χ2v) is 4.93. The van der Waals surface area contributed by atoms with E-state index in [1.807, 2.05) is 0 Å². The highest BCUT2D eigenvalue weighted by molar-refractivity contribution is 4.86. The van der Waals surface area contributed by atoms with Gasteiger partial charge in [-0.1, -0.05) is 27.7 Å². The van der Waals surface area contributed by atoms with Crippen LogP contribution in [0.2, 0.25) is 0 Å². The van der Waals surface area contributed by atoms with Crippen molar-refractivity contribution in [3.63, 3.8) is 0 Å². The van der Waals surface area contributed by atoms with Crippen LogP contribution in [0.25, 0.3) is 0 Å². The minimum atomic E-state index is 0.590. The van der Waals surface area contributed by atoms with Gasteiger partial charge in [0.2, 0.25) is 0 Å². The summed E-state index contributed by atoms with van der Waals surface area (Å²) in [6, 6.07) is 1.43. The molecule has 1 nitrogen and oxygen atoms in total. The summed E-state index contributed by atoms with van der Waals surface area (Å²) in [4.78, 5) is 0. The molecule has 0 aromatic carbocycles. The van der Waals surface area contributed by atoms with Crippen molar-refractivity contribution in [1.82, 2.24) is 5.32 Å². The van der Waals surface area contributed by atoms with E-state index in [-0.39, 0.29) is 0 Å². The molecule has 0 aromatic heterocycles. The van der Waals surface area contributed by atoms with Crippen molar-refractivity contribution >= 4 is 0 Å². The van der Waals surface area contributed by atoms with Gasteiger partial charge in [0.05, 0.1) is 0 Å². The standard InChI is InChI=1S/C10H21N/c1-8(2)11-9-5-6-10(3,4)7-9/h8-9,11H,5-7H2,1-4H3. The lowest BCUT2D eigenvalue weighted by molar-refractivity contribution is 0.358. The minimum absolute atomic E-state index is 0.590. The average molecular weight is 155 g/mol. The van der Waals surface area contributed by atoms with Crippen LogP contribution in [-0.2, 0) is 0 Å². The molecule has 1 aliphatic rings. The van der Waals surface area contributed by atoms with Gasteiger partial charge >= 0.3 is 0 Å². The third-order valence-corrected chi connectivity index (χ3v) is 2.54. The van der Waals surface area contributed by atoms with Crippen LogP contribution in [0.3, 0.4) is 0 Å². The Hall–Kier alpha value is -0.0400. The Morgan fingerprint density at radius 3 is 2.36 bits per heavy atom. The summed E-state index contributed by atoms with van der Waals surface area (Å²) in [7, 11) is 0. The van der Waals surface area contributed by atoms with E-state index in [2.05, 4.69) is 33.0 Å². The topological polar surface area (TPSA) is 12.0 Å². The van der Waals surface area contributed by atoms with E-state index < -0.39 is 0 Å². The van der Waals surface area contributed by atoms with Crippen molar-refractivity contribution < 1.29 is 0 Å². The monoisotopic (exact) mass is 155 g/mol. The molecule has 1 aliphatic carbocycles. The molecule has 1 N–H and O–H groups in total. The highest BCUT2D eigenvalue weighted by Gasteiger charge is 2.30. The SMILES string of the molecule is CC(C)NC1CCC(C)(C)C1. The van der Waals surface area contributed by atoms with Gasteiger partial charge in [-0.05, 0) is 24.7 Å². The molecule has 11 heavy (non-hydrogen) atoms. The predicted molar refractivity (Wildman–Crippen MR) is 49.7 cm³/mol. The molecule has 0 radical (unpaired) electrons. The summed E-state index contributed by atoms with van der Waals surface area (Å²) < 4.78 is 0. The van der Waals surface area contributed by atoms with Crippen LogP contribution in [0.5, 0.6) is 0 Å². The van der Waals surface area contributed by atoms with Gasteiger partial charge in [-0.2, -0.15) is 0 Å². The third-order valence-electron chi connectivity index (χ3n) is 2.54. The normalized spacial score (nSPS) is 29.7. The Morgan fingerprint density at radius 1 is 1.36 bits per heavy atom. The van der Waals surface area contributed by atoms with Gasteiger partial charge < -0.3 is 5.32 Å². The molecular weight excluding hydrogens is 134 g/mol. The fourth-order valence-electron chi connectivity index (χ4n) is 2.05. The summed E-state index contributed by atoms with van der Waals surface area (Å²) in [5.74, 6) is 0. The minimum Gasteiger partial charge on any atom is -0.312 e. The van der Waals surface area contributed by atoms with Gasteiger partial charge in [0.15, 0.2) is 0 Å². The summed E-state index contributed by atoms with van der Waals surface area (Å²) >= 11 is 0. The molecule has 0 bridgehead atoms. The lowest BCUT2D eigenvalue weighted by atomic mass is 9.92. The van der Waals surface area contributed by atoms with Crippen molar-refractivity contribution in [3.8, 4) is 0 Å². The number of hydrogen-bond donors (Lipinski definition) is 1. The maximum absolute atomic E-state index is 3.60. The van der Waals surface area contributed by atoms with Crippen molar-refractivity contribution in [3.05, 3.63) is 0 Å². The Bertz CT molecular complexity index is 127. The van der Waals surface area contributed by atoms with E-state index >= 15 is 0 Å². The quantitative estimate of drug-likeness (QED) is 0.646. The van der Waals surface area contributed by atoms with Crippen molar-refractivity contribution in [1.29, 1.82) is 0 Å². The van der Waals surface area contributed by atoms with Crippen LogP contribution >= 0.6 is 0 Å². The van der Waals surface area contributed by atoms with E-state index in [1.54, 1.807) is 0 Å². The Kier molecular flexibility index (Phi) is 2.58. The maximum Gasteiger partial charge on any atom is 0.00747 e. The van der Waals surface area contributed by atoms with Gasteiger partial charge in [0, 0.05) is 12.1 Å². The molecule has 1 unspecified atom stereocenters. The lowest BCUT2D eigenvalue weighted by Gasteiger charge is -2.19. The fraction of sp³-hybridized carbons (Fsp3) is 1.00. The van der Waals surface area contributed by atoms with Crippen LogP contribution in [0.4, 0.5) is 0 Å². The van der Waals surface area contributed by atoms with Crippen LogP contribution < -0.4 is 5.32 Å². The highest BCUT2D eigenvalue weighted by atomic mass is 14.9. The lowest BCUT2D eigenvalue weighted by Crippen LogP contribution is -2.33. The smallest absolute Gasteiger partial charge is 0.00747 e. The maximum atomic E-state index is 3.60. The Balaban J connectivity index is 2.31. The molecule has 0 heterocycles. The first kappa shape index (κ1) is 9.05. The van der Waals surface area contributed by atoms with Gasteiger partial charge in [-0.15, -0.1) is 0 Å². The van der Waals surface area contributed by atoms with E-state index in [0.717, 1.165) is 6.04 Å². The molecule has 1 fully saturated rings. The van der Waals surface area contributed by atoms with Gasteiger partial charge in [-0.3, -0.25) is 0 Å². The van der Waals surface area contributed by atoms with Crippen LogP contribution in [0, 0.1) is 5.41 Å². The summed E-state index contributed by atoms with van der Waals surface area (Å²) in [5, 5.41) is 3.60. The van der Waals surface area contributed by atoms with Crippen LogP contribution in [-0.4, -0.2) is 12.1 Å². The predicted octanol–water partition coefficient (Wildman–Crippen LogP) is 2.56. The van der Waals surface area contributed by atoms with Crippen LogP contribution in [0.15, 0.2) is 0 Å². The number of nitrogens with one attached hydrogen (secondary N) is 1. The largest absolute Gasteiger partial charge is 0.312 e. The van der Waals surface area contributed by atoms with E-state index in [1.165, 1.54) is 19.3 Å². The molecule has 1 rings (SSSR count). The number of hydrogen-bond acceptors (Lipinski definition) is 1. The second kappa shape index (κ2) is 3.14.